The number of anilines is 2. The molecule has 3 aromatic carbocycles. The topological polar surface area (TPSA) is 114 Å². The number of hydrogen-bond donors (Lipinski definition) is 2. The van der Waals surface area contributed by atoms with Crippen LogP contribution in [0.5, 0.6) is 0 Å². The van der Waals surface area contributed by atoms with Gasteiger partial charge < -0.3 is 0 Å². The lowest BCUT2D eigenvalue weighted by molar-refractivity contribution is -0.385. The van der Waals surface area contributed by atoms with Crippen molar-refractivity contribution >= 4 is 32.8 Å². The lowest BCUT2D eigenvalue weighted by atomic mass is 10.1. The molecule has 0 heterocycles. The van der Waals surface area contributed by atoms with E-state index in [-0.39, 0.29) is 16.3 Å². The summed E-state index contributed by atoms with van der Waals surface area (Å²) < 4.78 is 28.9. The molecule has 3 aromatic rings. The Balaban J connectivity index is 1.99. The van der Waals surface area contributed by atoms with Crippen LogP contribution in [0, 0.1) is 30.9 Å². The summed E-state index contributed by atoms with van der Waals surface area (Å²) in [5, 5.41) is 15.5. The minimum absolute atomic E-state index is 0.124. The summed E-state index contributed by atoms with van der Waals surface area (Å²) >= 11 is 0. The summed E-state index contributed by atoms with van der Waals surface area (Å²) in [4.78, 5) is 10.4. The second kappa shape index (κ2) is 9.19. The Hall–Kier alpha value is -3.72. The normalized spacial score (nSPS) is 11.8. The molecule has 0 saturated carbocycles. The third kappa shape index (κ3) is 5.30. The van der Waals surface area contributed by atoms with E-state index in [2.05, 4.69) is 15.2 Å². The Bertz CT molecular complexity index is 1300. The number of nitro groups is 1. The van der Waals surface area contributed by atoms with E-state index in [1.165, 1.54) is 12.1 Å². The number of hydrogen-bond acceptors (Lipinski definition) is 6. The quantitative estimate of drug-likeness (QED) is 0.292. The molecule has 0 spiro atoms. The summed E-state index contributed by atoms with van der Waals surface area (Å²) in [7, 11) is -4.14. The van der Waals surface area contributed by atoms with Gasteiger partial charge in [0.2, 0.25) is 0 Å². The van der Waals surface area contributed by atoms with Crippen LogP contribution in [0.15, 0.2) is 70.7 Å². The highest BCUT2D eigenvalue weighted by Crippen LogP contribution is 2.29. The van der Waals surface area contributed by atoms with Crippen LogP contribution < -0.4 is 10.1 Å². The smallest absolute Gasteiger partial charge is 0.270 e. The van der Waals surface area contributed by atoms with Crippen molar-refractivity contribution in [3.63, 3.8) is 0 Å². The largest absolute Gasteiger partial charge is 0.279 e. The number of sulfonamides is 1. The number of nitrogens with zero attached hydrogens (tertiary/aromatic N) is 2. The standard InChI is InChI=1S/C23H24N4O4S/c1-15-5-8-19(9-6-15)18(4)24-25-22-12-10-20(27(28)29)14-23(22)32(30,31)26-21-11-7-16(2)13-17(21)3/h5-14,25-26H,1-4H3. The number of nitro benzene ring substituents is 1. The maximum atomic E-state index is 13.2. The molecule has 166 valence electrons. The van der Waals surface area contributed by atoms with Gasteiger partial charge in [0.25, 0.3) is 15.7 Å². The van der Waals surface area contributed by atoms with Gasteiger partial charge in [0, 0.05) is 12.1 Å². The SMILES string of the molecule is CC(=NNc1ccc([N+](=O)[O-])cc1S(=O)(=O)Nc1ccc(C)cc1C)c1ccc(C)cc1. The summed E-state index contributed by atoms with van der Waals surface area (Å²) in [5.41, 5.74) is 7.27. The van der Waals surface area contributed by atoms with Crippen molar-refractivity contribution in [1.29, 1.82) is 0 Å². The molecule has 0 bridgehead atoms. The van der Waals surface area contributed by atoms with Crippen molar-refractivity contribution in [2.75, 3.05) is 10.1 Å². The minimum Gasteiger partial charge on any atom is -0.279 e. The Morgan fingerprint density at radius 2 is 1.53 bits per heavy atom. The molecule has 2 N–H and O–H groups in total. The van der Waals surface area contributed by atoms with Crippen LogP contribution in [-0.2, 0) is 10.0 Å². The predicted octanol–water partition coefficient (Wildman–Crippen LogP) is 5.16. The van der Waals surface area contributed by atoms with Crippen molar-refractivity contribution < 1.29 is 13.3 Å². The van der Waals surface area contributed by atoms with E-state index in [9.17, 15) is 18.5 Å². The Morgan fingerprint density at radius 3 is 2.16 bits per heavy atom. The van der Waals surface area contributed by atoms with E-state index in [0.29, 0.717) is 11.4 Å². The third-order valence-corrected chi connectivity index (χ3v) is 6.31. The van der Waals surface area contributed by atoms with E-state index in [0.717, 1.165) is 28.3 Å². The van der Waals surface area contributed by atoms with Gasteiger partial charge in [0.1, 0.15) is 4.90 Å². The van der Waals surface area contributed by atoms with Gasteiger partial charge in [-0.05, 0) is 51.0 Å². The first kappa shape index (κ1) is 23.0. The molecule has 0 aromatic heterocycles. The van der Waals surface area contributed by atoms with Crippen molar-refractivity contribution in [3.05, 3.63) is 93.0 Å². The zero-order valence-electron chi connectivity index (χ0n) is 18.2. The Kier molecular flexibility index (Phi) is 6.59. The average molecular weight is 453 g/mol. The highest BCUT2D eigenvalue weighted by molar-refractivity contribution is 7.92. The van der Waals surface area contributed by atoms with E-state index >= 15 is 0 Å². The Morgan fingerprint density at radius 1 is 0.906 bits per heavy atom. The van der Waals surface area contributed by atoms with Crippen molar-refractivity contribution in [2.45, 2.75) is 32.6 Å². The molecule has 9 heteroatoms. The second-order valence-electron chi connectivity index (χ2n) is 7.54. The molecule has 0 atom stereocenters. The second-order valence-corrected chi connectivity index (χ2v) is 9.19. The van der Waals surface area contributed by atoms with Gasteiger partial charge in [0.15, 0.2) is 0 Å². The van der Waals surface area contributed by atoms with Crippen LogP contribution in [0.1, 0.15) is 29.2 Å². The molecule has 0 saturated heterocycles. The van der Waals surface area contributed by atoms with Crippen LogP contribution in [0.25, 0.3) is 0 Å². The first-order valence-corrected chi connectivity index (χ1v) is 11.3. The number of hydrazone groups is 1. The van der Waals surface area contributed by atoms with Crippen LogP contribution in [0.4, 0.5) is 17.1 Å². The van der Waals surface area contributed by atoms with Crippen molar-refractivity contribution in [1.82, 2.24) is 0 Å². The third-order valence-electron chi connectivity index (χ3n) is 4.91. The molecule has 0 aliphatic heterocycles. The van der Waals surface area contributed by atoms with E-state index in [1.807, 2.05) is 44.2 Å². The summed E-state index contributed by atoms with van der Waals surface area (Å²) in [5.74, 6) is 0. The van der Waals surface area contributed by atoms with Gasteiger partial charge in [-0.2, -0.15) is 5.10 Å². The monoisotopic (exact) mass is 452 g/mol. The van der Waals surface area contributed by atoms with Crippen molar-refractivity contribution in [2.24, 2.45) is 5.10 Å². The zero-order chi connectivity index (χ0) is 23.5. The molecule has 0 amide bonds. The molecule has 0 aliphatic carbocycles. The lowest BCUT2D eigenvalue weighted by Gasteiger charge is -2.14. The van der Waals surface area contributed by atoms with Crippen LogP contribution in [0.3, 0.4) is 0 Å². The molecule has 0 unspecified atom stereocenters. The van der Waals surface area contributed by atoms with Gasteiger partial charge >= 0.3 is 0 Å². The van der Waals surface area contributed by atoms with Crippen LogP contribution >= 0.6 is 0 Å². The van der Waals surface area contributed by atoms with Crippen LogP contribution in [-0.4, -0.2) is 19.1 Å². The Labute approximate surface area is 187 Å². The zero-order valence-corrected chi connectivity index (χ0v) is 19.0. The molecule has 32 heavy (non-hydrogen) atoms. The molecular weight excluding hydrogens is 428 g/mol. The number of nitrogens with one attached hydrogen (secondary N) is 2. The van der Waals surface area contributed by atoms with Gasteiger partial charge in [0.05, 0.1) is 22.0 Å². The fourth-order valence-electron chi connectivity index (χ4n) is 3.07. The number of rotatable bonds is 7. The first-order chi connectivity index (χ1) is 15.1. The molecule has 0 radical (unpaired) electrons. The molecule has 3 rings (SSSR count). The average Bonchev–Trinajstić information content (AvgIpc) is 2.74. The minimum atomic E-state index is -4.14. The van der Waals surface area contributed by atoms with Gasteiger partial charge in [-0.15, -0.1) is 0 Å². The predicted molar refractivity (Wildman–Crippen MR) is 127 cm³/mol. The highest BCUT2D eigenvalue weighted by Gasteiger charge is 2.23. The first-order valence-electron chi connectivity index (χ1n) is 9.82. The maximum Gasteiger partial charge on any atom is 0.270 e. The van der Waals surface area contributed by atoms with E-state index in [1.54, 1.807) is 26.0 Å². The van der Waals surface area contributed by atoms with Gasteiger partial charge in [-0.1, -0.05) is 47.5 Å². The summed E-state index contributed by atoms with van der Waals surface area (Å²) in [6, 6.07) is 16.6. The molecule has 0 fully saturated rings. The van der Waals surface area contributed by atoms with Gasteiger partial charge in [-0.3, -0.25) is 20.3 Å². The highest BCUT2D eigenvalue weighted by atomic mass is 32.2. The fraction of sp³-hybridized carbons (Fsp3) is 0.174. The molecule has 0 aliphatic rings. The maximum absolute atomic E-state index is 13.2. The number of non-ortho nitro benzene ring substituents is 1. The van der Waals surface area contributed by atoms with E-state index in [4.69, 9.17) is 0 Å². The molecule has 8 nitrogen and oxygen atoms in total. The fourth-order valence-corrected chi connectivity index (χ4v) is 4.38. The summed E-state index contributed by atoms with van der Waals surface area (Å²) in [6.45, 7) is 7.45. The lowest BCUT2D eigenvalue weighted by Crippen LogP contribution is -2.16. The van der Waals surface area contributed by atoms with Crippen LogP contribution in [0.2, 0.25) is 0 Å². The van der Waals surface area contributed by atoms with Gasteiger partial charge in [-0.25, -0.2) is 8.42 Å². The number of benzene rings is 3. The molecular formula is C23H24N4O4S. The summed E-state index contributed by atoms with van der Waals surface area (Å²) in [6.07, 6.45) is 0. The van der Waals surface area contributed by atoms with E-state index < -0.39 is 14.9 Å². The number of aryl methyl sites for hydroxylation is 3. The van der Waals surface area contributed by atoms with Crippen molar-refractivity contribution in [3.8, 4) is 0 Å².